The highest BCUT2D eigenvalue weighted by molar-refractivity contribution is 6.05. The number of fused-ring (bicyclic) bond motifs is 1. The highest BCUT2D eigenvalue weighted by Gasteiger charge is 2.26. The Kier molecular flexibility index (Phi) is 7.51. The summed E-state index contributed by atoms with van der Waals surface area (Å²) in [6.07, 6.45) is 9.78. The number of hydrogen-bond donors (Lipinski definition) is 3. The Labute approximate surface area is 188 Å². The van der Waals surface area contributed by atoms with Crippen molar-refractivity contribution in [1.29, 1.82) is 0 Å². The smallest absolute Gasteiger partial charge is 0.180 e. The molecule has 0 radical (unpaired) electrons. The predicted molar refractivity (Wildman–Crippen MR) is 123 cm³/mol. The minimum atomic E-state index is -0.416. The maximum Gasteiger partial charge on any atom is 0.180 e. The number of halogens is 1. The van der Waals surface area contributed by atoms with Crippen LogP contribution in [0.3, 0.4) is 0 Å². The van der Waals surface area contributed by atoms with Crippen LogP contribution in [0, 0.1) is 5.82 Å². The van der Waals surface area contributed by atoms with Crippen molar-refractivity contribution in [1.82, 2.24) is 20.7 Å². The summed E-state index contributed by atoms with van der Waals surface area (Å²) in [5.41, 5.74) is 6.00. The second-order valence-corrected chi connectivity index (χ2v) is 8.12. The number of hydrogen-bond acceptors (Lipinski definition) is 7. The van der Waals surface area contributed by atoms with Crippen molar-refractivity contribution >= 4 is 17.9 Å². The number of aliphatic hydroxyl groups is 1. The molecule has 172 valence electrons. The van der Waals surface area contributed by atoms with Gasteiger partial charge in [0.15, 0.2) is 17.4 Å². The fourth-order valence-electron chi connectivity index (χ4n) is 4.30. The molecule has 3 aliphatic rings. The Morgan fingerprint density at radius 3 is 2.97 bits per heavy atom. The molecule has 0 saturated carbocycles. The first kappa shape index (κ1) is 22.4. The lowest BCUT2D eigenvalue weighted by atomic mass is 10.0. The number of methoxy groups -OCH3 is 1. The number of aliphatic hydroxyl groups excluding tert-OH is 1. The molecule has 32 heavy (non-hydrogen) atoms. The largest absolute Gasteiger partial charge is 0.494 e. The number of allylic oxidation sites excluding steroid dienone is 1. The number of benzene rings is 1. The van der Waals surface area contributed by atoms with Gasteiger partial charge in [0.1, 0.15) is 12.0 Å². The van der Waals surface area contributed by atoms with E-state index in [0.29, 0.717) is 24.1 Å². The molecule has 4 rings (SSSR count). The van der Waals surface area contributed by atoms with Crippen LogP contribution < -0.4 is 15.5 Å². The zero-order valence-corrected chi connectivity index (χ0v) is 18.4. The van der Waals surface area contributed by atoms with E-state index in [1.807, 2.05) is 11.2 Å². The van der Waals surface area contributed by atoms with Gasteiger partial charge in [0.25, 0.3) is 0 Å². The van der Waals surface area contributed by atoms with Gasteiger partial charge in [-0.3, -0.25) is 15.3 Å². The molecule has 8 nitrogen and oxygen atoms in total. The lowest BCUT2D eigenvalue weighted by molar-refractivity contribution is 0.200. The molecule has 0 aliphatic carbocycles. The van der Waals surface area contributed by atoms with Crippen LogP contribution in [-0.2, 0) is 0 Å². The number of rotatable bonds is 7. The quantitative estimate of drug-likeness (QED) is 0.601. The van der Waals surface area contributed by atoms with Crippen molar-refractivity contribution in [3.8, 4) is 5.75 Å². The summed E-state index contributed by atoms with van der Waals surface area (Å²) >= 11 is 0. The van der Waals surface area contributed by atoms with Gasteiger partial charge in [-0.1, -0.05) is 6.08 Å². The van der Waals surface area contributed by atoms with E-state index in [-0.39, 0.29) is 12.4 Å². The van der Waals surface area contributed by atoms with Gasteiger partial charge in [0.05, 0.1) is 19.4 Å². The third kappa shape index (κ3) is 5.35. The summed E-state index contributed by atoms with van der Waals surface area (Å²) < 4.78 is 18.9. The molecule has 3 aliphatic heterocycles. The SMILES string of the molecule is COc1cc(N=C2N=CNN3C=CCCC(CN4CCC(NCCO)CC4)=C23)ccc1F. The van der Waals surface area contributed by atoms with Gasteiger partial charge in [0.2, 0.25) is 0 Å². The van der Waals surface area contributed by atoms with Crippen molar-refractivity contribution < 1.29 is 14.2 Å². The monoisotopic (exact) mass is 442 g/mol. The summed E-state index contributed by atoms with van der Waals surface area (Å²) in [6.45, 7) is 3.69. The van der Waals surface area contributed by atoms with Crippen LogP contribution in [0.4, 0.5) is 10.1 Å². The summed E-state index contributed by atoms with van der Waals surface area (Å²) in [4.78, 5) is 11.7. The number of aliphatic imine (C=N–C) groups is 2. The van der Waals surface area contributed by atoms with Crippen molar-refractivity contribution in [2.75, 3.05) is 39.9 Å². The van der Waals surface area contributed by atoms with E-state index < -0.39 is 5.82 Å². The zero-order chi connectivity index (χ0) is 22.3. The first-order chi connectivity index (χ1) is 15.7. The van der Waals surface area contributed by atoms with Crippen LogP contribution in [0.1, 0.15) is 25.7 Å². The summed E-state index contributed by atoms with van der Waals surface area (Å²) in [6, 6.07) is 5.04. The Morgan fingerprint density at radius 1 is 1.34 bits per heavy atom. The molecule has 0 bridgehead atoms. The number of piperidine rings is 1. The van der Waals surface area contributed by atoms with Gasteiger partial charge < -0.3 is 15.2 Å². The van der Waals surface area contributed by atoms with E-state index in [1.165, 1.54) is 18.7 Å². The van der Waals surface area contributed by atoms with Crippen molar-refractivity contribution in [3.63, 3.8) is 0 Å². The van der Waals surface area contributed by atoms with Crippen LogP contribution in [0.5, 0.6) is 5.75 Å². The van der Waals surface area contributed by atoms with Gasteiger partial charge in [-0.25, -0.2) is 14.4 Å². The topological polar surface area (TPSA) is 84.7 Å². The maximum absolute atomic E-state index is 13.8. The molecule has 0 aromatic heterocycles. The number of likely N-dealkylation sites (tertiary alicyclic amines) is 1. The van der Waals surface area contributed by atoms with Crippen molar-refractivity contribution in [2.24, 2.45) is 9.98 Å². The van der Waals surface area contributed by atoms with Gasteiger partial charge in [-0.05, 0) is 56.5 Å². The molecule has 1 aromatic carbocycles. The lowest BCUT2D eigenvalue weighted by Gasteiger charge is -2.34. The first-order valence-electron chi connectivity index (χ1n) is 11.1. The third-order valence-corrected chi connectivity index (χ3v) is 5.96. The maximum atomic E-state index is 13.8. The molecule has 0 spiro atoms. The minimum absolute atomic E-state index is 0.161. The second kappa shape index (κ2) is 10.7. The highest BCUT2D eigenvalue weighted by Crippen LogP contribution is 2.28. The third-order valence-electron chi connectivity index (χ3n) is 5.96. The Bertz CT molecular complexity index is 921. The van der Waals surface area contributed by atoms with Gasteiger partial charge in [0, 0.05) is 31.4 Å². The molecule has 9 heteroatoms. The van der Waals surface area contributed by atoms with Crippen LogP contribution >= 0.6 is 0 Å². The molecule has 1 aromatic rings. The van der Waals surface area contributed by atoms with Crippen LogP contribution in [0.25, 0.3) is 0 Å². The number of nitrogens with zero attached hydrogens (tertiary/aromatic N) is 4. The van der Waals surface area contributed by atoms with Crippen LogP contribution in [-0.4, -0.2) is 73.1 Å². The zero-order valence-electron chi connectivity index (χ0n) is 18.4. The number of ether oxygens (including phenoxy) is 1. The van der Waals surface area contributed by atoms with Crippen molar-refractivity contribution in [3.05, 3.63) is 47.6 Å². The van der Waals surface area contributed by atoms with E-state index in [0.717, 1.165) is 51.0 Å². The summed E-state index contributed by atoms with van der Waals surface area (Å²) in [7, 11) is 1.44. The Balaban J connectivity index is 1.57. The van der Waals surface area contributed by atoms with Crippen LogP contribution in [0.15, 0.2) is 51.7 Å². The molecule has 0 atom stereocenters. The average Bonchev–Trinajstić information content (AvgIpc) is 3.02. The molecule has 3 N–H and O–H groups in total. The van der Waals surface area contributed by atoms with Gasteiger partial charge >= 0.3 is 0 Å². The van der Waals surface area contributed by atoms with E-state index in [1.54, 1.807) is 18.5 Å². The molecule has 1 fully saturated rings. The highest BCUT2D eigenvalue weighted by atomic mass is 19.1. The molecule has 0 amide bonds. The molecule has 0 unspecified atom stereocenters. The number of nitrogens with one attached hydrogen (secondary N) is 2. The molecular weight excluding hydrogens is 411 g/mol. The lowest BCUT2D eigenvalue weighted by Crippen LogP contribution is -2.45. The van der Waals surface area contributed by atoms with Crippen molar-refractivity contribution in [2.45, 2.75) is 31.7 Å². The molecule has 1 saturated heterocycles. The molecular formula is C23H31FN6O2. The van der Waals surface area contributed by atoms with Gasteiger partial charge in [-0.15, -0.1) is 0 Å². The van der Waals surface area contributed by atoms with E-state index in [4.69, 9.17) is 14.8 Å². The van der Waals surface area contributed by atoms with E-state index in [2.05, 4.69) is 26.7 Å². The second-order valence-electron chi connectivity index (χ2n) is 8.12. The number of hydrazine groups is 1. The first-order valence-corrected chi connectivity index (χ1v) is 11.1. The average molecular weight is 443 g/mol. The summed E-state index contributed by atoms with van der Waals surface area (Å²) in [5.74, 6) is 0.341. The Morgan fingerprint density at radius 2 is 2.19 bits per heavy atom. The van der Waals surface area contributed by atoms with Gasteiger partial charge in [-0.2, -0.15) is 0 Å². The minimum Gasteiger partial charge on any atom is -0.494 e. The molecule has 3 heterocycles. The standard InChI is InChI=1S/C23H31FN6O2/c1-32-21-14-19(5-6-20(21)24)28-23-22-17(4-2-3-10-30(22)27-16-26-23)15-29-11-7-18(8-12-29)25-9-13-31/h3,5-6,10,14,16,18,25,31H,2,4,7-9,11-13,15H2,1H3,(H,26,27,28). The van der Waals surface area contributed by atoms with E-state index >= 15 is 0 Å². The fourth-order valence-corrected chi connectivity index (χ4v) is 4.30. The fraction of sp³-hybridized carbons (Fsp3) is 0.478. The summed E-state index contributed by atoms with van der Waals surface area (Å²) in [5, 5.41) is 14.4. The van der Waals surface area contributed by atoms with E-state index in [9.17, 15) is 4.39 Å². The number of amidine groups is 1. The normalized spacial score (nSPS) is 21.0. The Hall–Kier alpha value is -2.75. The predicted octanol–water partition coefficient (Wildman–Crippen LogP) is 2.32. The van der Waals surface area contributed by atoms with Crippen LogP contribution in [0.2, 0.25) is 0 Å².